The minimum atomic E-state index is 0.385. The fraction of sp³-hybridized carbons (Fsp3) is 0.385. The molecule has 76 valence electrons. The minimum Gasteiger partial charge on any atom is -0.497 e. The van der Waals surface area contributed by atoms with Gasteiger partial charge in [0.25, 0.3) is 0 Å². The molecule has 14 heavy (non-hydrogen) atoms. The summed E-state index contributed by atoms with van der Waals surface area (Å²) in [5.74, 6) is 1.32. The van der Waals surface area contributed by atoms with Crippen LogP contribution in [0.3, 0.4) is 0 Å². The molecule has 0 bridgehead atoms. The van der Waals surface area contributed by atoms with Gasteiger partial charge in [0.05, 0.1) is 7.11 Å². The molecule has 0 spiro atoms. The number of rotatable bonds is 4. The summed E-state index contributed by atoms with van der Waals surface area (Å²) in [6.07, 6.45) is 2.99. The molecule has 1 heteroatoms. The normalized spacial score (nSPS) is 12.2. The van der Waals surface area contributed by atoms with E-state index < -0.39 is 0 Å². The lowest BCUT2D eigenvalue weighted by Gasteiger charge is -2.11. The molecule has 0 amide bonds. The Morgan fingerprint density at radius 2 is 2.14 bits per heavy atom. The maximum atomic E-state index is 5.26. The molecule has 0 aliphatic heterocycles. The van der Waals surface area contributed by atoms with Crippen molar-refractivity contribution in [2.75, 3.05) is 7.11 Å². The zero-order chi connectivity index (χ0) is 10.6. The number of methoxy groups -OCH3 is 1. The van der Waals surface area contributed by atoms with Gasteiger partial charge in [-0.3, -0.25) is 0 Å². The van der Waals surface area contributed by atoms with Crippen molar-refractivity contribution in [3.05, 3.63) is 42.0 Å². The van der Waals surface area contributed by atoms with E-state index in [9.17, 15) is 0 Å². The third-order valence-corrected chi connectivity index (χ3v) is 2.51. The lowest BCUT2D eigenvalue weighted by atomic mass is 9.98. The highest BCUT2D eigenvalue weighted by atomic mass is 16.5. The van der Waals surface area contributed by atoms with Crippen LogP contribution in [-0.4, -0.2) is 7.11 Å². The number of aryl methyl sites for hydroxylation is 1. The third-order valence-electron chi connectivity index (χ3n) is 2.51. The Bertz CT molecular complexity index is 293. The van der Waals surface area contributed by atoms with E-state index in [-0.39, 0.29) is 0 Å². The van der Waals surface area contributed by atoms with Crippen molar-refractivity contribution < 1.29 is 4.74 Å². The van der Waals surface area contributed by atoms with Crippen molar-refractivity contribution in [2.24, 2.45) is 0 Å². The summed E-state index contributed by atoms with van der Waals surface area (Å²) in [7, 11) is 1.71. The molecule has 0 aliphatic carbocycles. The molecular weight excluding hydrogens is 172 g/mol. The molecule has 0 aliphatic rings. The van der Waals surface area contributed by atoms with Gasteiger partial charge in [-0.05, 0) is 35.6 Å². The second kappa shape index (κ2) is 4.85. The van der Waals surface area contributed by atoms with E-state index in [1.54, 1.807) is 7.11 Å². The highest BCUT2D eigenvalue weighted by Gasteiger charge is 2.04. The number of ether oxygens (including phenoxy) is 1. The molecular formula is C13H18O. The van der Waals surface area contributed by atoms with Gasteiger partial charge in [0.15, 0.2) is 0 Å². The first-order valence-electron chi connectivity index (χ1n) is 5.01. The van der Waals surface area contributed by atoms with Crippen molar-refractivity contribution in [3.63, 3.8) is 0 Å². The van der Waals surface area contributed by atoms with Crippen LogP contribution in [-0.2, 0) is 6.42 Å². The maximum absolute atomic E-state index is 5.26. The van der Waals surface area contributed by atoms with Gasteiger partial charge in [-0.25, -0.2) is 0 Å². The van der Waals surface area contributed by atoms with Crippen molar-refractivity contribution in [2.45, 2.75) is 26.2 Å². The van der Waals surface area contributed by atoms with Crippen molar-refractivity contribution in [3.8, 4) is 5.75 Å². The fourth-order valence-corrected chi connectivity index (χ4v) is 1.41. The summed E-state index contributed by atoms with van der Waals surface area (Å²) < 4.78 is 5.26. The third kappa shape index (κ3) is 2.38. The van der Waals surface area contributed by atoms with Gasteiger partial charge < -0.3 is 4.74 Å². The SMILES string of the molecule is C=CC(C)c1cc(CC)cc(OC)c1. The highest BCUT2D eigenvalue weighted by Crippen LogP contribution is 2.24. The number of benzene rings is 1. The van der Waals surface area contributed by atoms with Crippen LogP contribution in [0.15, 0.2) is 30.9 Å². The smallest absolute Gasteiger partial charge is 0.119 e. The molecule has 0 saturated carbocycles. The molecule has 1 atom stereocenters. The molecule has 0 saturated heterocycles. The summed E-state index contributed by atoms with van der Waals surface area (Å²) in [6, 6.07) is 6.37. The Hall–Kier alpha value is -1.24. The Morgan fingerprint density at radius 3 is 2.64 bits per heavy atom. The maximum Gasteiger partial charge on any atom is 0.119 e. The first-order chi connectivity index (χ1) is 6.71. The molecule has 0 aromatic heterocycles. The molecule has 1 rings (SSSR count). The minimum absolute atomic E-state index is 0.385. The molecule has 1 aromatic carbocycles. The van der Waals surface area contributed by atoms with Gasteiger partial charge in [-0.15, -0.1) is 6.58 Å². The standard InChI is InChI=1S/C13H18O/c1-5-10(3)12-7-11(6-2)8-13(9-12)14-4/h5,7-10H,1,6H2,2-4H3. The molecule has 1 unspecified atom stereocenters. The summed E-state index contributed by atoms with van der Waals surface area (Å²) in [5, 5.41) is 0. The molecule has 1 nitrogen and oxygen atoms in total. The van der Waals surface area contributed by atoms with Gasteiger partial charge >= 0.3 is 0 Å². The lowest BCUT2D eigenvalue weighted by molar-refractivity contribution is 0.413. The molecule has 0 N–H and O–H groups in total. The van der Waals surface area contributed by atoms with Crippen LogP contribution in [0.5, 0.6) is 5.75 Å². The van der Waals surface area contributed by atoms with Crippen LogP contribution < -0.4 is 4.74 Å². The monoisotopic (exact) mass is 190 g/mol. The summed E-state index contributed by atoms with van der Waals surface area (Å²) in [5.41, 5.74) is 2.59. The van der Waals surface area contributed by atoms with Crippen LogP contribution in [0, 0.1) is 0 Å². The van der Waals surface area contributed by atoms with Gasteiger partial charge in [-0.2, -0.15) is 0 Å². The van der Waals surface area contributed by atoms with E-state index in [1.165, 1.54) is 11.1 Å². The molecule has 1 aromatic rings. The summed E-state index contributed by atoms with van der Waals surface area (Å²) in [4.78, 5) is 0. The van der Waals surface area contributed by atoms with Crippen LogP contribution in [0.2, 0.25) is 0 Å². The highest BCUT2D eigenvalue weighted by molar-refractivity contribution is 5.37. The second-order valence-electron chi connectivity index (χ2n) is 3.49. The molecule has 0 heterocycles. The fourth-order valence-electron chi connectivity index (χ4n) is 1.41. The van der Waals surface area contributed by atoms with Crippen LogP contribution in [0.25, 0.3) is 0 Å². The predicted molar refractivity (Wildman–Crippen MR) is 61.0 cm³/mol. The van der Waals surface area contributed by atoms with Gasteiger partial charge in [0.2, 0.25) is 0 Å². The quantitative estimate of drug-likeness (QED) is 0.660. The van der Waals surface area contributed by atoms with Crippen LogP contribution >= 0.6 is 0 Å². The average molecular weight is 190 g/mol. The Kier molecular flexibility index (Phi) is 3.75. The Labute approximate surface area is 86.4 Å². The van der Waals surface area contributed by atoms with Crippen LogP contribution in [0.4, 0.5) is 0 Å². The van der Waals surface area contributed by atoms with Gasteiger partial charge in [-0.1, -0.05) is 26.0 Å². The number of hydrogen-bond acceptors (Lipinski definition) is 1. The van der Waals surface area contributed by atoms with E-state index in [2.05, 4.69) is 38.6 Å². The first kappa shape index (κ1) is 10.8. The van der Waals surface area contributed by atoms with E-state index >= 15 is 0 Å². The Morgan fingerprint density at radius 1 is 1.43 bits per heavy atom. The first-order valence-corrected chi connectivity index (χ1v) is 5.01. The molecule has 0 fully saturated rings. The summed E-state index contributed by atoms with van der Waals surface area (Å²) >= 11 is 0. The second-order valence-corrected chi connectivity index (χ2v) is 3.49. The average Bonchev–Trinajstić information content (AvgIpc) is 2.27. The predicted octanol–water partition coefficient (Wildman–Crippen LogP) is 3.55. The zero-order valence-corrected chi connectivity index (χ0v) is 9.21. The lowest BCUT2D eigenvalue weighted by Crippen LogP contribution is -1.93. The van der Waals surface area contributed by atoms with Crippen molar-refractivity contribution in [1.82, 2.24) is 0 Å². The van der Waals surface area contributed by atoms with Gasteiger partial charge in [0.1, 0.15) is 5.75 Å². The van der Waals surface area contributed by atoms with Gasteiger partial charge in [0, 0.05) is 0 Å². The summed E-state index contributed by atoms with van der Waals surface area (Å²) in [6.45, 7) is 8.10. The molecule has 0 radical (unpaired) electrons. The van der Waals surface area contributed by atoms with E-state index in [4.69, 9.17) is 4.74 Å². The van der Waals surface area contributed by atoms with Crippen LogP contribution in [0.1, 0.15) is 30.9 Å². The zero-order valence-electron chi connectivity index (χ0n) is 9.21. The van der Waals surface area contributed by atoms with E-state index in [1.807, 2.05) is 6.08 Å². The largest absolute Gasteiger partial charge is 0.497 e. The number of allylic oxidation sites excluding steroid dienone is 1. The van der Waals surface area contributed by atoms with E-state index in [0.29, 0.717) is 5.92 Å². The van der Waals surface area contributed by atoms with Crippen molar-refractivity contribution >= 4 is 0 Å². The number of hydrogen-bond donors (Lipinski definition) is 0. The Balaban J connectivity index is 3.09. The topological polar surface area (TPSA) is 9.23 Å². The van der Waals surface area contributed by atoms with E-state index in [0.717, 1.165) is 12.2 Å². The van der Waals surface area contributed by atoms with Crippen molar-refractivity contribution in [1.29, 1.82) is 0 Å².